The fraction of sp³-hybridized carbons (Fsp3) is 0.345. The second kappa shape index (κ2) is 19.4. The van der Waals surface area contributed by atoms with Crippen molar-refractivity contribution in [2.24, 2.45) is 0 Å². The van der Waals surface area contributed by atoms with E-state index in [1.807, 2.05) is 47.4 Å². The molecule has 1 amide bonds. The van der Waals surface area contributed by atoms with Crippen LogP contribution in [0.3, 0.4) is 0 Å². The molecule has 0 spiro atoms. The van der Waals surface area contributed by atoms with Crippen LogP contribution in [0.2, 0.25) is 0 Å². The van der Waals surface area contributed by atoms with Crippen molar-refractivity contribution in [2.45, 2.75) is 33.4 Å². The highest BCUT2D eigenvalue weighted by Crippen LogP contribution is 2.22. The van der Waals surface area contributed by atoms with Crippen LogP contribution in [0.15, 0.2) is 63.7 Å². The van der Waals surface area contributed by atoms with Gasteiger partial charge in [-0.25, -0.2) is 4.79 Å². The molecule has 4 aromatic rings. The van der Waals surface area contributed by atoms with Crippen LogP contribution in [0.5, 0.6) is 5.75 Å². The third kappa shape index (κ3) is 11.1. The number of hydrogen-bond donors (Lipinski definition) is 3. The number of hydrogen-bond acceptors (Lipinski definition) is 12. The SMILES string of the molecule is CCOC(=O)c1oc(N)nc1C.Cc1nc(N2CCNCC2COc2cccnc2)oc1C(=O)NCc1ccccc1.Cl.Cl.Cl. The number of benzene rings is 1. The van der Waals surface area contributed by atoms with Gasteiger partial charge in [-0.05, 0) is 38.5 Å². The zero-order valence-corrected chi connectivity index (χ0v) is 27.5. The van der Waals surface area contributed by atoms with Gasteiger partial charge >= 0.3 is 5.97 Å². The molecule has 4 heterocycles. The molecule has 1 aliphatic heterocycles. The van der Waals surface area contributed by atoms with Crippen LogP contribution in [0.25, 0.3) is 0 Å². The smallest absolute Gasteiger partial charge is 0.376 e. The second-order valence-corrected chi connectivity index (χ2v) is 9.32. The van der Waals surface area contributed by atoms with E-state index in [1.54, 1.807) is 33.2 Å². The van der Waals surface area contributed by atoms with E-state index >= 15 is 0 Å². The minimum atomic E-state index is -0.529. The number of rotatable bonds is 9. The number of nitrogens with zero attached hydrogens (tertiary/aromatic N) is 4. The van der Waals surface area contributed by atoms with Gasteiger partial charge in [-0.3, -0.25) is 9.78 Å². The average Bonchev–Trinajstić information content (AvgIpc) is 3.57. The number of nitrogen functional groups attached to an aromatic ring is 1. The van der Waals surface area contributed by atoms with Gasteiger partial charge < -0.3 is 39.6 Å². The third-order valence-corrected chi connectivity index (χ3v) is 6.23. The molecule has 45 heavy (non-hydrogen) atoms. The number of anilines is 2. The van der Waals surface area contributed by atoms with Crippen molar-refractivity contribution >= 4 is 61.1 Å². The van der Waals surface area contributed by atoms with Gasteiger partial charge in [0.15, 0.2) is 0 Å². The largest absolute Gasteiger partial charge is 0.490 e. The molecule has 0 saturated carbocycles. The normalized spacial score (nSPS) is 13.5. The van der Waals surface area contributed by atoms with E-state index in [1.165, 1.54) is 0 Å². The molecule has 3 aromatic heterocycles. The number of nitrogens with one attached hydrogen (secondary N) is 2. The van der Waals surface area contributed by atoms with Crippen LogP contribution in [-0.2, 0) is 11.3 Å². The highest BCUT2D eigenvalue weighted by molar-refractivity contribution is 5.92. The first kappa shape index (κ1) is 39.0. The summed E-state index contributed by atoms with van der Waals surface area (Å²) in [6, 6.07) is 13.9. The summed E-state index contributed by atoms with van der Waals surface area (Å²) in [5.74, 6) is 0.237. The molecule has 13 nitrogen and oxygen atoms in total. The summed E-state index contributed by atoms with van der Waals surface area (Å²) >= 11 is 0. The molecule has 246 valence electrons. The highest BCUT2D eigenvalue weighted by Gasteiger charge is 2.29. The van der Waals surface area contributed by atoms with Crippen molar-refractivity contribution in [1.82, 2.24) is 25.6 Å². The number of halogens is 3. The van der Waals surface area contributed by atoms with E-state index in [-0.39, 0.29) is 66.7 Å². The van der Waals surface area contributed by atoms with E-state index in [4.69, 9.17) is 24.0 Å². The van der Waals surface area contributed by atoms with E-state index in [0.717, 1.165) is 18.7 Å². The van der Waals surface area contributed by atoms with Gasteiger partial charge in [-0.15, -0.1) is 37.2 Å². The molecule has 5 rings (SSSR count). The van der Waals surface area contributed by atoms with Crippen molar-refractivity contribution in [2.75, 3.05) is 43.5 Å². The number of aryl methyl sites for hydroxylation is 2. The number of esters is 1. The summed E-state index contributed by atoms with van der Waals surface area (Å²) in [5, 5.41) is 6.26. The maximum absolute atomic E-state index is 12.6. The number of nitrogens with two attached hydrogens (primary N) is 1. The van der Waals surface area contributed by atoms with Crippen LogP contribution in [0.4, 0.5) is 12.0 Å². The van der Waals surface area contributed by atoms with E-state index in [2.05, 4.69) is 25.6 Å². The highest BCUT2D eigenvalue weighted by atomic mass is 35.5. The molecule has 0 bridgehead atoms. The summed E-state index contributed by atoms with van der Waals surface area (Å²) in [7, 11) is 0. The lowest BCUT2D eigenvalue weighted by Gasteiger charge is -2.34. The van der Waals surface area contributed by atoms with Crippen molar-refractivity contribution in [3.05, 3.63) is 83.3 Å². The summed E-state index contributed by atoms with van der Waals surface area (Å²) in [4.78, 5) is 38.0. The van der Waals surface area contributed by atoms with Crippen LogP contribution in [0.1, 0.15) is 45.0 Å². The van der Waals surface area contributed by atoms with Crippen LogP contribution in [0, 0.1) is 13.8 Å². The molecule has 1 unspecified atom stereocenters. The molecule has 1 aliphatic rings. The topological polar surface area (TPSA) is 171 Å². The van der Waals surface area contributed by atoms with Crippen molar-refractivity contribution in [1.29, 1.82) is 0 Å². The molecule has 1 aromatic carbocycles. The van der Waals surface area contributed by atoms with Crippen LogP contribution in [-0.4, -0.2) is 65.7 Å². The molecule has 0 aliphatic carbocycles. The molecule has 1 fully saturated rings. The quantitative estimate of drug-likeness (QED) is 0.215. The number of piperazine rings is 1. The number of amides is 1. The van der Waals surface area contributed by atoms with Crippen molar-refractivity contribution in [3.63, 3.8) is 0 Å². The monoisotopic (exact) mass is 685 g/mol. The standard InChI is InChI=1S/C22H25N5O3.C7H10N2O3.3ClH/c1-16-20(21(28)25-12-17-6-3-2-4-7-17)30-22(26-16)27-11-10-24-13-18(27)15-29-19-8-5-9-23-14-19;1-3-11-6(10)5-4(2)9-7(8)12-5;;;/h2-9,14,18,24H,10-13,15H2,1H3,(H,25,28);3H2,1-2H3,(H2,8,9);3*1H. The Morgan fingerprint density at radius 1 is 1.04 bits per heavy atom. The van der Waals surface area contributed by atoms with Gasteiger partial charge in [-0.2, -0.15) is 9.97 Å². The van der Waals surface area contributed by atoms with E-state index in [0.29, 0.717) is 49.5 Å². The Bertz CT molecular complexity index is 1460. The van der Waals surface area contributed by atoms with Gasteiger partial charge in [0.1, 0.15) is 12.4 Å². The number of pyridine rings is 1. The molecular formula is C29H38Cl3N7O6. The third-order valence-electron chi connectivity index (χ3n) is 6.23. The molecule has 16 heteroatoms. The second-order valence-electron chi connectivity index (χ2n) is 9.32. The Balaban J connectivity index is 0.000000577. The lowest BCUT2D eigenvalue weighted by atomic mass is 10.2. The maximum atomic E-state index is 12.6. The lowest BCUT2D eigenvalue weighted by Crippen LogP contribution is -2.54. The first-order valence-corrected chi connectivity index (χ1v) is 13.6. The Morgan fingerprint density at radius 2 is 1.78 bits per heavy atom. The maximum Gasteiger partial charge on any atom is 0.376 e. The van der Waals surface area contributed by atoms with Crippen molar-refractivity contribution in [3.8, 4) is 5.75 Å². The number of carbonyl (C=O) groups excluding carboxylic acids is 2. The lowest BCUT2D eigenvalue weighted by molar-refractivity contribution is 0.0490. The summed E-state index contributed by atoms with van der Waals surface area (Å²) in [6.07, 6.45) is 3.40. The molecule has 1 saturated heterocycles. The summed E-state index contributed by atoms with van der Waals surface area (Å²) in [5.41, 5.74) is 7.27. The molecule has 0 radical (unpaired) electrons. The zero-order valence-electron chi connectivity index (χ0n) is 25.1. The molecule has 4 N–H and O–H groups in total. The van der Waals surface area contributed by atoms with Gasteiger partial charge in [0, 0.05) is 32.4 Å². The minimum Gasteiger partial charge on any atom is -0.490 e. The minimum absolute atomic E-state index is 0. The summed E-state index contributed by atoms with van der Waals surface area (Å²) < 4.78 is 21.3. The van der Waals surface area contributed by atoms with Gasteiger partial charge in [-0.1, -0.05) is 30.3 Å². The number of oxazole rings is 2. The first-order chi connectivity index (χ1) is 20.4. The predicted octanol–water partition coefficient (Wildman–Crippen LogP) is 4.17. The fourth-order valence-electron chi connectivity index (χ4n) is 4.16. The van der Waals surface area contributed by atoms with Crippen LogP contribution >= 0.6 is 37.2 Å². The van der Waals surface area contributed by atoms with Crippen molar-refractivity contribution < 1.29 is 27.9 Å². The zero-order chi connectivity index (χ0) is 29.9. The molecule has 1 atom stereocenters. The predicted molar refractivity (Wildman–Crippen MR) is 176 cm³/mol. The number of carbonyl (C=O) groups is 2. The van der Waals surface area contributed by atoms with Gasteiger partial charge in [0.05, 0.1) is 30.2 Å². The summed E-state index contributed by atoms with van der Waals surface area (Å²) in [6.45, 7) is 8.58. The van der Waals surface area contributed by atoms with Crippen LogP contribution < -0.4 is 26.0 Å². The average molecular weight is 687 g/mol. The van der Waals surface area contributed by atoms with E-state index in [9.17, 15) is 9.59 Å². The Kier molecular flexibility index (Phi) is 16.8. The number of ether oxygens (including phenoxy) is 2. The van der Waals surface area contributed by atoms with Gasteiger partial charge in [0.25, 0.3) is 17.9 Å². The Hall–Kier alpha value is -4.04. The van der Waals surface area contributed by atoms with Gasteiger partial charge in [0.2, 0.25) is 11.5 Å². The van der Waals surface area contributed by atoms with E-state index < -0.39 is 5.97 Å². The Morgan fingerprint density at radius 3 is 2.42 bits per heavy atom. The fourth-order valence-corrected chi connectivity index (χ4v) is 4.16. The number of aromatic nitrogens is 3. The Labute approximate surface area is 279 Å². The first-order valence-electron chi connectivity index (χ1n) is 13.6. The molecular weight excluding hydrogens is 649 g/mol.